The molecule has 0 unspecified atom stereocenters. The fourth-order valence-corrected chi connectivity index (χ4v) is 1.36. The maximum atomic E-state index is 3.36. The predicted molar refractivity (Wildman–Crippen MR) is 63.4 cm³/mol. The highest BCUT2D eigenvalue weighted by molar-refractivity contribution is 9.09. The van der Waals surface area contributed by atoms with Gasteiger partial charge in [-0.25, -0.2) is 0 Å². The summed E-state index contributed by atoms with van der Waals surface area (Å²) in [7, 11) is 0. The average molecular weight is 239 g/mol. The van der Waals surface area contributed by atoms with Crippen molar-refractivity contribution in [3.8, 4) is 0 Å². The molecule has 0 radical (unpaired) electrons. The molecule has 0 aromatic heterocycles. The summed E-state index contributed by atoms with van der Waals surface area (Å²) in [6, 6.07) is 8.71. The Morgan fingerprint density at radius 2 is 1.85 bits per heavy atom. The summed E-state index contributed by atoms with van der Waals surface area (Å²) in [4.78, 5) is 0. The standard InChI is InChI=1S/C12H15Br/c1-10(2)12-7-5-11(6-8-12)4-3-9-13/h3-8,10H,9H2,1-2H3. The summed E-state index contributed by atoms with van der Waals surface area (Å²) in [6.07, 6.45) is 4.23. The summed E-state index contributed by atoms with van der Waals surface area (Å²) >= 11 is 3.36. The zero-order chi connectivity index (χ0) is 9.68. The Morgan fingerprint density at radius 3 is 2.31 bits per heavy atom. The van der Waals surface area contributed by atoms with Gasteiger partial charge in [0.2, 0.25) is 0 Å². The van der Waals surface area contributed by atoms with Gasteiger partial charge < -0.3 is 0 Å². The van der Waals surface area contributed by atoms with Crippen molar-refractivity contribution in [1.29, 1.82) is 0 Å². The molecule has 1 aromatic carbocycles. The number of alkyl halides is 1. The monoisotopic (exact) mass is 238 g/mol. The van der Waals surface area contributed by atoms with Crippen LogP contribution in [0.4, 0.5) is 0 Å². The first-order valence-electron chi connectivity index (χ1n) is 4.56. The zero-order valence-corrected chi connectivity index (χ0v) is 9.71. The normalized spacial score (nSPS) is 11.4. The summed E-state index contributed by atoms with van der Waals surface area (Å²) in [6.45, 7) is 4.42. The second kappa shape index (κ2) is 5.23. The van der Waals surface area contributed by atoms with Gasteiger partial charge in [-0.05, 0) is 17.0 Å². The quantitative estimate of drug-likeness (QED) is 0.693. The van der Waals surface area contributed by atoms with E-state index in [1.807, 2.05) is 0 Å². The SMILES string of the molecule is CC(C)c1ccc(C=CCBr)cc1. The van der Waals surface area contributed by atoms with Gasteiger partial charge in [0, 0.05) is 5.33 Å². The van der Waals surface area contributed by atoms with Crippen molar-refractivity contribution in [3.05, 3.63) is 41.5 Å². The van der Waals surface area contributed by atoms with E-state index in [0.717, 1.165) is 5.33 Å². The van der Waals surface area contributed by atoms with Gasteiger partial charge >= 0.3 is 0 Å². The van der Waals surface area contributed by atoms with Crippen LogP contribution in [0, 0.1) is 0 Å². The lowest BCUT2D eigenvalue weighted by Gasteiger charge is -2.04. The number of rotatable bonds is 3. The molecule has 0 aliphatic heterocycles. The minimum Gasteiger partial charge on any atom is -0.0883 e. The Balaban J connectivity index is 2.75. The molecular formula is C12H15Br. The zero-order valence-electron chi connectivity index (χ0n) is 8.13. The van der Waals surface area contributed by atoms with E-state index in [2.05, 4.69) is 66.2 Å². The molecule has 70 valence electrons. The van der Waals surface area contributed by atoms with Gasteiger partial charge in [-0.2, -0.15) is 0 Å². The smallest absolute Gasteiger partial charge is 0.0215 e. The van der Waals surface area contributed by atoms with Crippen molar-refractivity contribution >= 4 is 22.0 Å². The van der Waals surface area contributed by atoms with Gasteiger partial charge in [-0.3, -0.25) is 0 Å². The van der Waals surface area contributed by atoms with Crippen LogP contribution in [0.2, 0.25) is 0 Å². The van der Waals surface area contributed by atoms with Crippen LogP contribution in [0.1, 0.15) is 30.9 Å². The van der Waals surface area contributed by atoms with Gasteiger partial charge in [-0.15, -0.1) is 0 Å². The van der Waals surface area contributed by atoms with Crippen LogP contribution in [0.15, 0.2) is 30.3 Å². The Hall–Kier alpha value is -0.560. The Kier molecular flexibility index (Phi) is 4.23. The van der Waals surface area contributed by atoms with E-state index in [0.29, 0.717) is 5.92 Å². The highest BCUT2D eigenvalue weighted by Gasteiger charge is 1.96. The fourth-order valence-electron chi connectivity index (χ4n) is 1.17. The predicted octanol–water partition coefficient (Wildman–Crippen LogP) is 4.22. The molecule has 13 heavy (non-hydrogen) atoms. The summed E-state index contributed by atoms with van der Waals surface area (Å²) in [5, 5.41) is 0.916. The lowest BCUT2D eigenvalue weighted by molar-refractivity contribution is 0.866. The first kappa shape index (κ1) is 10.5. The maximum absolute atomic E-state index is 3.36. The molecule has 0 N–H and O–H groups in total. The summed E-state index contributed by atoms with van der Waals surface area (Å²) < 4.78 is 0. The Morgan fingerprint density at radius 1 is 1.23 bits per heavy atom. The number of hydrogen-bond acceptors (Lipinski definition) is 0. The van der Waals surface area contributed by atoms with Gasteiger partial charge in [0.1, 0.15) is 0 Å². The molecule has 0 fully saturated rings. The number of hydrogen-bond donors (Lipinski definition) is 0. The highest BCUT2D eigenvalue weighted by Crippen LogP contribution is 2.15. The van der Waals surface area contributed by atoms with Crippen LogP contribution in [0.3, 0.4) is 0 Å². The topological polar surface area (TPSA) is 0 Å². The van der Waals surface area contributed by atoms with Crippen molar-refractivity contribution in [1.82, 2.24) is 0 Å². The lowest BCUT2D eigenvalue weighted by Crippen LogP contribution is -1.85. The minimum atomic E-state index is 0.620. The molecule has 1 heteroatoms. The molecule has 0 saturated heterocycles. The van der Waals surface area contributed by atoms with Crippen LogP contribution >= 0.6 is 15.9 Å². The Bertz CT molecular complexity index is 270. The molecule has 0 aliphatic carbocycles. The molecule has 0 amide bonds. The molecule has 0 bridgehead atoms. The fraction of sp³-hybridized carbons (Fsp3) is 0.333. The lowest BCUT2D eigenvalue weighted by atomic mass is 10.0. The maximum Gasteiger partial charge on any atom is 0.0215 e. The van der Waals surface area contributed by atoms with Crippen LogP contribution in [-0.2, 0) is 0 Å². The third-order valence-electron chi connectivity index (χ3n) is 2.00. The molecule has 0 nitrogen and oxygen atoms in total. The van der Waals surface area contributed by atoms with Crippen LogP contribution in [-0.4, -0.2) is 5.33 Å². The molecule has 1 rings (SSSR count). The average Bonchev–Trinajstić information content (AvgIpc) is 2.15. The molecule has 0 aliphatic rings. The van der Waals surface area contributed by atoms with Crippen molar-refractivity contribution in [2.75, 3.05) is 5.33 Å². The molecule has 0 saturated carbocycles. The molecule has 0 spiro atoms. The summed E-state index contributed by atoms with van der Waals surface area (Å²) in [5.41, 5.74) is 2.67. The van der Waals surface area contributed by atoms with Gasteiger partial charge in [0.05, 0.1) is 0 Å². The van der Waals surface area contributed by atoms with Crippen molar-refractivity contribution in [2.45, 2.75) is 19.8 Å². The van der Waals surface area contributed by atoms with E-state index in [1.54, 1.807) is 0 Å². The second-order valence-corrected chi connectivity index (χ2v) is 4.03. The number of benzene rings is 1. The molecule has 1 aromatic rings. The number of allylic oxidation sites excluding steroid dienone is 1. The van der Waals surface area contributed by atoms with Crippen LogP contribution < -0.4 is 0 Å². The molecule has 0 atom stereocenters. The van der Waals surface area contributed by atoms with Crippen molar-refractivity contribution in [2.24, 2.45) is 0 Å². The van der Waals surface area contributed by atoms with E-state index >= 15 is 0 Å². The van der Waals surface area contributed by atoms with E-state index in [-0.39, 0.29) is 0 Å². The summed E-state index contributed by atoms with van der Waals surface area (Å²) in [5.74, 6) is 0.620. The number of halogens is 1. The van der Waals surface area contributed by atoms with Crippen molar-refractivity contribution < 1.29 is 0 Å². The van der Waals surface area contributed by atoms with Crippen LogP contribution in [0.25, 0.3) is 6.08 Å². The third-order valence-corrected chi connectivity index (χ3v) is 2.38. The van der Waals surface area contributed by atoms with Gasteiger partial charge in [-0.1, -0.05) is 66.2 Å². The van der Waals surface area contributed by atoms with Gasteiger partial charge in [0.15, 0.2) is 0 Å². The van der Waals surface area contributed by atoms with E-state index in [1.165, 1.54) is 11.1 Å². The molecule has 0 heterocycles. The van der Waals surface area contributed by atoms with E-state index < -0.39 is 0 Å². The van der Waals surface area contributed by atoms with Crippen LogP contribution in [0.5, 0.6) is 0 Å². The van der Waals surface area contributed by atoms with Crippen molar-refractivity contribution in [3.63, 3.8) is 0 Å². The third kappa shape index (κ3) is 3.35. The van der Waals surface area contributed by atoms with Gasteiger partial charge in [0.25, 0.3) is 0 Å². The highest BCUT2D eigenvalue weighted by atomic mass is 79.9. The molecular weight excluding hydrogens is 224 g/mol. The minimum absolute atomic E-state index is 0.620. The first-order valence-corrected chi connectivity index (χ1v) is 5.68. The largest absolute Gasteiger partial charge is 0.0883 e. The second-order valence-electron chi connectivity index (χ2n) is 3.38. The first-order chi connectivity index (χ1) is 6.24. The van der Waals surface area contributed by atoms with E-state index in [4.69, 9.17) is 0 Å². The van der Waals surface area contributed by atoms with E-state index in [9.17, 15) is 0 Å². The Labute approximate surface area is 88.8 Å².